The molecule has 2 rings (SSSR count). The van der Waals surface area contributed by atoms with Crippen molar-refractivity contribution < 1.29 is 4.43 Å². The number of imidazole rings is 1. The van der Waals surface area contributed by atoms with Crippen molar-refractivity contribution in [1.82, 2.24) is 9.38 Å². The van der Waals surface area contributed by atoms with Crippen LogP contribution in [0.25, 0.3) is 5.65 Å². The van der Waals surface area contributed by atoms with Crippen molar-refractivity contribution in [3.05, 3.63) is 34.7 Å². The lowest BCUT2D eigenvalue weighted by atomic mass is 10.3. The van der Waals surface area contributed by atoms with Crippen LogP contribution >= 0.6 is 15.9 Å². The van der Waals surface area contributed by atoms with E-state index in [-0.39, 0.29) is 0 Å². The summed E-state index contributed by atoms with van der Waals surface area (Å²) in [6, 6.07) is 2.13. The van der Waals surface area contributed by atoms with Crippen molar-refractivity contribution >= 4 is 29.9 Å². The second kappa shape index (κ2) is 6.85. The number of hydrogen-bond donors (Lipinski definition) is 0. The van der Waals surface area contributed by atoms with E-state index >= 15 is 0 Å². The van der Waals surface area contributed by atoms with E-state index in [4.69, 9.17) is 4.43 Å². The fourth-order valence-electron chi connectivity index (χ4n) is 3.88. The van der Waals surface area contributed by atoms with Crippen LogP contribution in [-0.4, -0.2) is 17.7 Å². The second-order valence-electron chi connectivity index (χ2n) is 6.95. The number of fused-ring (bicyclic) bond motifs is 1. The Morgan fingerprint density at radius 1 is 1.14 bits per heavy atom. The van der Waals surface area contributed by atoms with Crippen molar-refractivity contribution in [3.63, 3.8) is 0 Å². The molecule has 0 bridgehead atoms. The molecule has 0 spiro atoms. The summed E-state index contributed by atoms with van der Waals surface area (Å²) in [5, 5.41) is 0. The van der Waals surface area contributed by atoms with Gasteiger partial charge < -0.3 is 8.83 Å². The number of nitrogens with zero attached hydrogens (tertiary/aromatic N) is 2. The molecule has 3 nitrogen and oxygen atoms in total. The lowest BCUT2D eigenvalue weighted by Gasteiger charge is -2.42. The minimum atomic E-state index is -1.85. The Kier molecular flexibility index (Phi) is 5.51. The maximum atomic E-state index is 6.70. The van der Waals surface area contributed by atoms with E-state index in [1.54, 1.807) is 0 Å². The molecule has 22 heavy (non-hydrogen) atoms. The van der Waals surface area contributed by atoms with Gasteiger partial charge in [-0.15, -0.1) is 0 Å². The van der Waals surface area contributed by atoms with Gasteiger partial charge in [-0.3, -0.25) is 0 Å². The van der Waals surface area contributed by atoms with Gasteiger partial charge in [-0.2, -0.15) is 0 Å². The second-order valence-corrected chi connectivity index (χ2v) is 13.3. The number of pyridine rings is 1. The molecule has 0 aliphatic heterocycles. The average molecular weight is 383 g/mol. The Morgan fingerprint density at radius 3 is 2.27 bits per heavy atom. The quantitative estimate of drug-likeness (QED) is 0.591. The van der Waals surface area contributed by atoms with E-state index in [1.807, 2.05) is 23.0 Å². The number of halogens is 1. The summed E-state index contributed by atoms with van der Waals surface area (Å²) in [5.74, 6) is 0. The first-order chi connectivity index (χ1) is 10.3. The van der Waals surface area contributed by atoms with Crippen LogP contribution in [0.1, 0.15) is 47.1 Å². The first-order valence-electron chi connectivity index (χ1n) is 8.04. The molecule has 0 unspecified atom stereocenters. The zero-order chi connectivity index (χ0) is 16.5. The Labute approximate surface area is 143 Å². The van der Waals surface area contributed by atoms with Crippen LogP contribution in [-0.2, 0) is 11.0 Å². The normalized spacial score (nSPS) is 13.0. The van der Waals surface area contributed by atoms with Gasteiger partial charge in [0.05, 0.1) is 6.61 Å². The van der Waals surface area contributed by atoms with Gasteiger partial charge in [0.25, 0.3) is 0 Å². The van der Waals surface area contributed by atoms with Crippen molar-refractivity contribution in [3.8, 4) is 0 Å². The first kappa shape index (κ1) is 17.7. The summed E-state index contributed by atoms with van der Waals surface area (Å²) >= 11 is 3.58. The third-order valence-corrected chi connectivity index (χ3v) is 11.2. The highest BCUT2D eigenvalue weighted by Gasteiger charge is 2.45. The van der Waals surface area contributed by atoms with Gasteiger partial charge in [0.1, 0.15) is 5.65 Å². The molecular weight excluding hydrogens is 356 g/mol. The van der Waals surface area contributed by atoms with Crippen LogP contribution in [0.15, 0.2) is 29.1 Å². The van der Waals surface area contributed by atoms with Crippen LogP contribution in [0, 0.1) is 0 Å². The highest BCUT2D eigenvalue weighted by atomic mass is 79.9. The first-order valence-corrected chi connectivity index (χ1v) is 11.0. The van der Waals surface area contributed by atoms with Gasteiger partial charge in [-0.05, 0) is 38.6 Å². The van der Waals surface area contributed by atoms with Crippen LogP contribution in [0.5, 0.6) is 0 Å². The van der Waals surface area contributed by atoms with Crippen molar-refractivity contribution in [2.24, 2.45) is 0 Å². The fourth-order valence-corrected chi connectivity index (χ4v) is 9.78. The monoisotopic (exact) mass is 382 g/mol. The minimum absolute atomic E-state index is 0.593. The van der Waals surface area contributed by atoms with E-state index in [9.17, 15) is 0 Å². The molecule has 2 aromatic rings. The third-order valence-electron chi connectivity index (χ3n) is 4.72. The molecular formula is C17H27BrN2OSi. The molecule has 0 atom stereocenters. The van der Waals surface area contributed by atoms with E-state index < -0.39 is 8.32 Å². The Morgan fingerprint density at radius 2 is 1.73 bits per heavy atom. The summed E-state index contributed by atoms with van der Waals surface area (Å²) in [4.78, 5) is 4.47. The molecule has 0 fully saturated rings. The summed E-state index contributed by atoms with van der Waals surface area (Å²) in [5.41, 5.74) is 3.92. The van der Waals surface area contributed by atoms with Gasteiger partial charge in [0.15, 0.2) is 0 Å². The molecule has 0 aliphatic carbocycles. The zero-order valence-electron chi connectivity index (χ0n) is 14.4. The van der Waals surface area contributed by atoms with Gasteiger partial charge in [-0.1, -0.05) is 41.5 Å². The van der Waals surface area contributed by atoms with Gasteiger partial charge >= 0.3 is 0 Å². The molecule has 0 N–H and O–H groups in total. The Bertz CT molecular complexity index is 615. The predicted molar refractivity (Wildman–Crippen MR) is 98.7 cm³/mol. The minimum Gasteiger partial charge on any atom is -0.412 e. The third kappa shape index (κ3) is 3.17. The van der Waals surface area contributed by atoms with Crippen LogP contribution in [0.2, 0.25) is 16.6 Å². The maximum Gasteiger partial charge on any atom is 0.200 e. The molecule has 2 heterocycles. The Balaban J connectivity index is 2.34. The molecule has 0 saturated heterocycles. The SMILES string of the molecule is CC(C)[Si](OCc1cc(Br)cn2ccnc12)(C(C)C)C(C)C. The lowest BCUT2D eigenvalue weighted by molar-refractivity contribution is 0.266. The lowest BCUT2D eigenvalue weighted by Crippen LogP contribution is -2.47. The topological polar surface area (TPSA) is 26.5 Å². The molecule has 0 aromatic carbocycles. The molecule has 0 saturated carbocycles. The Hall–Kier alpha value is -0.653. The summed E-state index contributed by atoms with van der Waals surface area (Å²) in [7, 11) is -1.85. The van der Waals surface area contributed by atoms with E-state index in [0.29, 0.717) is 23.2 Å². The number of aromatic nitrogens is 2. The van der Waals surface area contributed by atoms with Gasteiger partial charge in [-0.25, -0.2) is 4.98 Å². The number of rotatable bonds is 6. The van der Waals surface area contributed by atoms with E-state index in [1.165, 1.54) is 0 Å². The fraction of sp³-hybridized carbons (Fsp3) is 0.588. The van der Waals surface area contributed by atoms with Gasteiger partial charge in [0.2, 0.25) is 8.32 Å². The molecule has 5 heteroatoms. The smallest absolute Gasteiger partial charge is 0.200 e. The summed E-state index contributed by atoms with van der Waals surface area (Å²) < 4.78 is 9.80. The van der Waals surface area contributed by atoms with Crippen LogP contribution < -0.4 is 0 Å². The molecule has 122 valence electrons. The summed E-state index contributed by atoms with van der Waals surface area (Å²) in [6.07, 6.45) is 5.84. The molecule has 0 aliphatic rings. The van der Waals surface area contributed by atoms with Crippen LogP contribution in [0.4, 0.5) is 0 Å². The van der Waals surface area contributed by atoms with Crippen molar-refractivity contribution in [2.75, 3.05) is 0 Å². The summed E-state index contributed by atoms with van der Waals surface area (Å²) in [6.45, 7) is 14.5. The van der Waals surface area contributed by atoms with E-state index in [0.717, 1.165) is 15.7 Å². The predicted octanol–water partition coefficient (Wildman–Crippen LogP) is 5.79. The molecule has 0 amide bonds. The van der Waals surface area contributed by atoms with Crippen molar-refractivity contribution in [2.45, 2.75) is 64.8 Å². The molecule has 2 aromatic heterocycles. The van der Waals surface area contributed by atoms with E-state index in [2.05, 4.69) is 68.5 Å². The largest absolute Gasteiger partial charge is 0.412 e. The average Bonchev–Trinajstić information content (AvgIpc) is 2.85. The van der Waals surface area contributed by atoms with Crippen molar-refractivity contribution in [1.29, 1.82) is 0 Å². The standard InChI is InChI=1S/C17H27BrN2OSi/c1-12(2)22(13(3)4,14(5)6)21-11-15-9-16(18)10-20-8-7-19-17(15)20/h7-10,12-14H,11H2,1-6H3. The molecule has 0 radical (unpaired) electrons. The highest BCUT2D eigenvalue weighted by molar-refractivity contribution is 9.10. The zero-order valence-corrected chi connectivity index (χ0v) is 17.0. The highest BCUT2D eigenvalue weighted by Crippen LogP contribution is 2.42. The maximum absolute atomic E-state index is 6.70. The van der Waals surface area contributed by atoms with Gasteiger partial charge in [0, 0.05) is 28.6 Å². The number of hydrogen-bond acceptors (Lipinski definition) is 2. The van der Waals surface area contributed by atoms with Crippen LogP contribution in [0.3, 0.4) is 0 Å².